The number of nitrogens with zero attached hydrogens (tertiary/aromatic N) is 2. The Morgan fingerprint density at radius 3 is 2.61 bits per heavy atom. The molecule has 0 aliphatic rings. The monoisotopic (exact) mass is 258 g/mol. The fourth-order valence-corrected chi connectivity index (χ4v) is 2.20. The molecule has 5 heteroatoms. The lowest BCUT2D eigenvalue weighted by Crippen LogP contribution is -1.99. The molecule has 0 atom stereocenters. The maximum Gasteiger partial charge on any atom is 0.153 e. The average molecular weight is 259 g/mol. The molecule has 0 aliphatic heterocycles. The molecular weight excluding hydrogens is 248 g/mol. The van der Waals surface area contributed by atoms with Crippen LogP contribution in [0.1, 0.15) is 0 Å². The number of para-hydroxylation sites is 1. The summed E-state index contributed by atoms with van der Waals surface area (Å²) in [4.78, 5) is 0. The second kappa shape index (κ2) is 3.92. The van der Waals surface area contributed by atoms with Gasteiger partial charge in [0.25, 0.3) is 0 Å². The van der Waals surface area contributed by atoms with Crippen LogP contribution >= 0.6 is 11.6 Å². The van der Waals surface area contributed by atoms with Crippen LogP contribution in [0.3, 0.4) is 0 Å². The van der Waals surface area contributed by atoms with E-state index in [1.807, 2.05) is 42.5 Å². The molecular formula is C13H11ClN4. The van der Waals surface area contributed by atoms with E-state index in [9.17, 15) is 0 Å². The molecule has 0 saturated heterocycles. The summed E-state index contributed by atoms with van der Waals surface area (Å²) >= 11 is 5.99. The number of fused-ring (bicyclic) bond motifs is 1. The Morgan fingerprint density at radius 2 is 1.83 bits per heavy atom. The Labute approximate surface area is 109 Å². The zero-order chi connectivity index (χ0) is 12.7. The molecule has 0 radical (unpaired) electrons. The van der Waals surface area contributed by atoms with Crippen LogP contribution in [-0.2, 0) is 0 Å². The minimum atomic E-state index is 0.456. The number of nitrogen functional groups attached to an aromatic ring is 2. The lowest BCUT2D eigenvalue weighted by atomic mass is 10.2. The molecule has 0 saturated carbocycles. The average Bonchev–Trinajstić information content (AvgIpc) is 2.69. The first-order chi connectivity index (χ1) is 8.66. The number of hydrogen-bond acceptors (Lipinski definition) is 3. The maximum atomic E-state index is 6.00. The van der Waals surface area contributed by atoms with E-state index >= 15 is 0 Å². The quantitative estimate of drug-likeness (QED) is 0.660. The third-order valence-electron chi connectivity index (χ3n) is 2.82. The third-order valence-corrected chi connectivity index (χ3v) is 3.05. The van der Waals surface area contributed by atoms with Gasteiger partial charge in [-0.25, -0.2) is 4.68 Å². The topological polar surface area (TPSA) is 69.9 Å². The number of rotatable bonds is 1. The van der Waals surface area contributed by atoms with E-state index in [2.05, 4.69) is 5.10 Å². The van der Waals surface area contributed by atoms with Gasteiger partial charge < -0.3 is 11.5 Å². The minimum absolute atomic E-state index is 0.456. The summed E-state index contributed by atoms with van der Waals surface area (Å²) in [7, 11) is 0. The highest BCUT2D eigenvalue weighted by molar-refractivity contribution is 6.30. The van der Waals surface area contributed by atoms with Crippen molar-refractivity contribution in [2.45, 2.75) is 0 Å². The summed E-state index contributed by atoms with van der Waals surface area (Å²) < 4.78 is 1.71. The zero-order valence-corrected chi connectivity index (χ0v) is 10.2. The van der Waals surface area contributed by atoms with Crippen molar-refractivity contribution >= 4 is 34.0 Å². The maximum absolute atomic E-state index is 6.00. The van der Waals surface area contributed by atoms with Crippen LogP contribution in [0.4, 0.5) is 11.5 Å². The molecule has 1 aromatic heterocycles. The van der Waals surface area contributed by atoms with Gasteiger partial charge >= 0.3 is 0 Å². The van der Waals surface area contributed by atoms with Crippen molar-refractivity contribution in [1.29, 1.82) is 0 Å². The number of anilines is 2. The van der Waals surface area contributed by atoms with Crippen molar-refractivity contribution in [2.24, 2.45) is 0 Å². The molecule has 18 heavy (non-hydrogen) atoms. The number of nitrogens with two attached hydrogens (primary N) is 2. The molecule has 4 N–H and O–H groups in total. The van der Waals surface area contributed by atoms with Crippen LogP contribution in [0.15, 0.2) is 42.5 Å². The van der Waals surface area contributed by atoms with E-state index in [0.29, 0.717) is 16.5 Å². The minimum Gasteiger partial charge on any atom is -0.397 e. The fourth-order valence-electron chi connectivity index (χ4n) is 2.01. The summed E-state index contributed by atoms with van der Waals surface area (Å²) in [5.41, 5.74) is 14.2. The molecule has 2 aromatic carbocycles. The van der Waals surface area contributed by atoms with Gasteiger partial charge in [-0.1, -0.05) is 23.7 Å². The predicted octanol–water partition coefficient (Wildman–Crippen LogP) is 2.84. The molecule has 1 heterocycles. The van der Waals surface area contributed by atoms with Crippen LogP contribution in [0.25, 0.3) is 16.6 Å². The summed E-state index contributed by atoms with van der Waals surface area (Å²) in [6, 6.07) is 13.0. The summed E-state index contributed by atoms with van der Waals surface area (Å²) in [5.74, 6) is 0.456. The van der Waals surface area contributed by atoms with E-state index in [1.165, 1.54) is 0 Å². The Bertz CT molecular complexity index is 733. The Balaban J connectivity index is 2.36. The van der Waals surface area contributed by atoms with Crippen molar-refractivity contribution in [3.8, 4) is 5.69 Å². The highest BCUT2D eigenvalue weighted by atomic mass is 35.5. The molecule has 0 aliphatic carbocycles. The van der Waals surface area contributed by atoms with E-state index in [0.717, 1.165) is 16.6 Å². The smallest absolute Gasteiger partial charge is 0.153 e. The second-order valence-electron chi connectivity index (χ2n) is 4.02. The summed E-state index contributed by atoms with van der Waals surface area (Å²) in [6.45, 7) is 0. The zero-order valence-electron chi connectivity index (χ0n) is 9.47. The lowest BCUT2D eigenvalue weighted by molar-refractivity contribution is 0.918. The van der Waals surface area contributed by atoms with E-state index in [4.69, 9.17) is 23.1 Å². The van der Waals surface area contributed by atoms with Crippen molar-refractivity contribution in [3.05, 3.63) is 47.5 Å². The van der Waals surface area contributed by atoms with Crippen molar-refractivity contribution in [3.63, 3.8) is 0 Å². The van der Waals surface area contributed by atoms with Gasteiger partial charge in [-0.3, -0.25) is 0 Å². The lowest BCUT2D eigenvalue weighted by Gasteiger charge is -2.05. The summed E-state index contributed by atoms with van der Waals surface area (Å²) in [5, 5.41) is 5.80. The molecule has 3 aromatic rings. The van der Waals surface area contributed by atoms with Gasteiger partial charge in [-0.05, 0) is 30.3 Å². The van der Waals surface area contributed by atoms with E-state index < -0.39 is 0 Å². The van der Waals surface area contributed by atoms with Gasteiger partial charge in [-0.15, -0.1) is 5.10 Å². The largest absolute Gasteiger partial charge is 0.397 e. The first-order valence-corrected chi connectivity index (χ1v) is 5.83. The van der Waals surface area contributed by atoms with Crippen molar-refractivity contribution < 1.29 is 0 Å². The SMILES string of the molecule is Nc1nn(-c2cccc(Cl)c2)c2c(N)cccc12. The number of halogens is 1. The summed E-state index contributed by atoms with van der Waals surface area (Å²) in [6.07, 6.45) is 0. The highest BCUT2D eigenvalue weighted by Gasteiger charge is 2.11. The molecule has 90 valence electrons. The molecule has 0 spiro atoms. The number of benzene rings is 2. The van der Waals surface area contributed by atoms with Crippen LogP contribution in [0.5, 0.6) is 0 Å². The fraction of sp³-hybridized carbons (Fsp3) is 0. The standard InChI is InChI=1S/C13H11ClN4/c14-8-3-1-4-9(7-8)18-12-10(13(16)17-18)5-2-6-11(12)15/h1-7H,15H2,(H2,16,17). The Morgan fingerprint density at radius 1 is 1.06 bits per heavy atom. The van der Waals surface area contributed by atoms with Crippen molar-refractivity contribution in [2.75, 3.05) is 11.5 Å². The van der Waals surface area contributed by atoms with Gasteiger partial charge in [0.15, 0.2) is 5.82 Å². The van der Waals surface area contributed by atoms with E-state index in [1.54, 1.807) is 4.68 Å². The third kappa shape index (κ3) is 1.58. The van der Waals surface area contributed by atoms with Crippen LogP contribution in [0.2, 0.25) is 5.02 Å². The van der Waals surface area contributed by atoms with Crippen LogP contribution in [-0.4, -0.2) is 9.78 Å². The van der Waals surface area contributed by atoms with Gasteiger partial charge in [0.05, 0.1) is 16.9 Å². The van der Waals surface area contributed by atoms with Gasteiger partial charge in [0.2, 0.25) is 0 Å². The Hall–Kier alpha value is -2.20. The van der Waals surface area contributed by atoms with Crippen molar-refractivity contribution in [1.82, 2.24) is 9.78 Å². The van der Waals surface area contributed by atoms with Gasteiger partial charge in [0.1, 0.15) is 0 Å². The number of hydrogen-bond donors (Lipinski definition) is 2. The van der Waals surface area contributed by atoms with Gasteiger partial charge in [0, 0.05) is 10.4 Å². The molecule has 0 fully saturated rings. The van der Waals surface area contributed by atoms with Crippen LogP contribution < -0.4 is 11.5 Å². The van der Waals surface area contributed by atoms with E-state index in [-0.39, 0.29) is 0 Å². The Kier molecular flexibility index (Phi) is 2.38. The molecule has 0 amide bonds. The first kappa shape index (κ1) is 10.9. The molecule has 3 rings (SSSR count). The molecule has 0 unspecified atom stereocenters. The normalized spacial score (nSPS) is 10.9. The molecule has 0 bridgehead atoms. The van der Waals surface area contributed by atoms with Crippen LogP contribution in [0, 0.1) is 0 Å². The first-order valence-electron chi connectivity index (χ1n) is 5.45. The molecule has 4 nitrogen and oxygen atoms in total. The number of aromatic nitrogens is 2. The highest BCUT2D eigenvalue weighted by Crippen LogP contribution is 2.28. The van der Waals surface area contributed by atoms with Gasteiger partial charge in [-0.2, -0.15) is 0 Å². The second-order valence-corrected chi connectivity index (χ2v) is 4.46. The predicted molar refractivity (Wildman–Crippen MR) is 74.9 cm³/mol.